The average molecular weight is 577 g/mol. The van der Waals surface area contributed by atoms with Crippen LogP contribution in [0.5, 0.6) is 0 Å². The molecule has 236 valence electrons. The number of carbonyl (C=O) groups is 3. The molecule has 0 aromatic rings. The molecular weight excluding hydrogens is 516 g/mol. The summed E-state index contributed by atoms with van der Waals surface area (Å²) >= 11 is 0. The molecule has 0 aliphatic heterocycles. The Morgan fingerprint density at radius 1 is 0.756 bits per heavy atom. The number of unbranched alkanes of at least 4 members (excludes halogenated alkanes) is 12. The molecule has 0 radical (unpaired) electrons. The number of rotatable bonds is 28. The molecule has 7 heteroatoms. The van der Waals surface area contributed by atoms with E-state index in [0.717, 1.165) is 44.9 Å². The molecule has 2 unspecified atom stereocenters. The fourth-order valence-electron chi connectivity index (χ4n) is 4.47. The lowest BCUT2D eigenvalue weighted by atomic mass is 10.1. The first-order chi connectivity index (χ1) is 19.9. The molecule has 41 heavy (non-hydrogen) atoms. The third-order valence-electron chi connectivity index (χ3n) is 6.93. The molecule has 1 amide bonds. The summed E-state index contributed by atoms with van der Waals surface area (Å²) in [6.45, 7) is 4.75. The number of esters is 1. The molecule has 0 rings (SSSR count). The van der Waals surface area contributed by atoms with Crippen molar-refractivity contribution in [3.05, 3.63) is 36.5 Å². The number of aliphatic carboxylic acids is 1. The Hall–Kier alpha value is -2.41. The van der Waals surface area contributed by atoms with Crippen molar-refractivity contribution >= 4 is 17.8 Å². The summed E-state index contributed by atoms with van der Waals surface area (Å²) in [5, 5.41) is 11.8. The Morgan fingerprint density at radius 3 is 2.00 bits per heavy atom. The zero-order valence-corrected chi connectivity index (χ0v) is 26.1. The molecule has 7 nitrogen and oxygen atoms in total. The molecule has 0 spiro atoms. The number of nitrogens with one attached hydrogen (secondary N) is 1. The minimum atomic E-state index is -1.02. The highest BCUT2D eigenvalue weighted by atomic mass is 16.5. The van der Waals surface area contributed by atoms with Crippen molar-refractivity contribution < 1.29 is 24.2 Å². The van der Waals surface area contributed by atoms with Crippen molar-refractivity contribution in [2.24, 2.45) is 5.73 Å². The predicted molar refractivity (Wildman–Crippen MR) is 170 cm³/mol. The van der Waals surface area contributed by atoms with E-state index in [0.29, 0.717) is 38.6 Å². The number of hydrogen-bond acceptors (Lipinski definition) is 5. The van der Waals surface area contributed by atoms with Crippen LogP contribution in [0.25, 0.3) is 0 Å². The van der Waals surface area contributed by atoms with Gasteiger partial charge in [0.15, 0.2) is 0 Å². The maximum atomic E-state index is 12.5. The zero-order valence-electron chi connectivity index (χ0n) is 26.1. The monoisotopic (exact) mass is 576 g/mol. The Kier molecular flexibility index (Phi) is 27.4. The fourth-order valence-corrected chi connectivity index (χ4v) is 4.47. The molecule has 0 fully saturated rings. The smallest absolute Gasteiger partial charge is 0.326 e. The summed E-state index contributed by atoms with van der Waals surface area (Å²) in [6.07, 6.45) is 30.9. The van der Waals surface area contributed by atoms with E-state index >= 15 is 0 Å². The van der Waals surface area contributed by atoms with Gasteiger partial charge in [0.05, 0.1) is 0 Å². The van der Waals surface area contributed by atoms with Gasteiger partial charge in [0.25, 0.3) is 0 Å². The Morgan fingerprint density at radius 2 is 1.37 bits per heavy atom. The quantitative estimate of drug-likeness (QED) is 0.0494. The second-order valence-corrected chi connectivity index (χ2v) is 10.8. The van der Waals surface area contributed by atoms with Crippen molar-refractivity contribution in [2.75, 3.05) is 6.54 Å². The van der Waals surface area contributed by atoms with Gasteiger partial charge in [0.1, 0.15) is 12.1 Å². The minimum absolute atomic E-state index is 0.148. The van der Waals surface area contributed by atoms with E-state index in [1.54, 1.807) is 0 Å². The van der Waals surface area contributed by atoms with Crippen LogP contribution in [0.2, 0.25) is 0 Å². The molecular formula is C34H60N2O5. The molecule has 0 aromatic carbocycles. The number of allylic oxidation sites excluding steroid dienone is 4. The summed E-state index contributed by atoms with van der Waals surface area (Å²) in [5.41, 5.74) is 5.44. The molecule has 0 bridgehead atoms. The average Bonchev–Trinajstić information content (AvgIpc) is 2.95. The van der Waals surface area contributed by atoms with Crippen LogP contribution < -0.4 is 11.1 Å². The van der Waals surface area contributed by atoms with E-state index in [4.69, 9.17) is 10.5 Å². The fraction of sp³-hybridized carbons (Fsp3) is 0.735. The van der Waals surface area contributed by atoms with Gasteiger partial charge in [0, 0.05) is 12.8 Å². The largest absolute Gasteiger partial charge is 0.480 e. The number of carboxylic acid groups (broad SMARTS) is 1. The van der Waals surface area contributed by atoms with Gasteiger partial charge in [0.2, 0.25) is 5.91 Å². The van der Waals surface area contributed by atoms with Gasteiger partial charge in [-0.1, -0.05) is 102 Å². The van der Waals surface area contributed by atoms with E-state index in [1.165, 1.54) is 51.4 Å². The van der Waals surface area contributed by atoms with Crippen molar-refractivity contribution in [1.82, 2.24) is 5.32 Å². The maximum absolute atomic E-state index is 12.5. The van der Waals surface area contributed by atoms with Crippen molar-refractivity contribution in [3.8, 4) is 0 Å². The highest BCUT2D eigenvalue weighted by molar-refractivity contribution is 5.83. The molecule has 0 aliphatic carbocycles. The van der Waals surface area contributed by atoms with E-state index in [1.807, 2.05) is 24.3 Å². The first-order valence-electron chi connectivity index (χ1n) is 16.3. The van der Waals surface area contributed by atoms with Crippen molar-refractivity contribution in [3.63, 3.8) is 0 Å². The van der Waals surface area contributed by atoms with Crippen LogP contribution in [-0.4, -0.2) is 41.6 Å². The number of amides is 1. The topological polar surface area (TPSA) is 119 Å². The van der Waals surface area contributed by atoms with Gasteiger partial charge in [-0.05, 0) is 70.1 Å². The van der Waals surface area contributed by atoms with E-state index < -0.39 is 12.0 Å². The zero-order chi connectivity index (χ0) is 30.4. The van der Waals surface area contributed by atoms with Gasteiger partial charge in [-0.15, -0.1) is 0 Å². The summed E-state index contributed by atoms with van der Waals surface area (Å²) < 4.78 is 5.74. The van der Waals surface area contributed by atoms with Crippen LogP contribution in [0.1, 0.15) is 142 Å². The summed E-state index contributed by atoms with van der Waals surface area (Å²) in [4.78, 5) is 35.8. The first-order valence-corrected chi connectivity index (χ1v) is 16.3. The van der Waals surface area contributed by atoms with E-state index in [9.17, 15) is 19.5 Å². The highest BCUT2D eigenvalue weighted by Crippen LogP contribution is 2.13. The number of nitrogens with two attached hydrogens (primary N) is 1. The summed E-state index contributed by atoms with van der Waals surface area (Å²) in [7, 11) is 0. The van der Waals surface area contributed by atoms with Crippen molar-refractivity contribution in [1.29, 1.82) is 0 Å². The Balaban J connectivity index is 4.34. The van der Waals surface area contributed by atoms with Crippen molar-refractivity contribution in [2.45, 2.75) is 154 Å². The lowest BCUT2D eigenvalue weighted by molar-refractivity contribution is -0.145. The normalized spacial score (nSPS) is 13.2. The van der Waals surface area contributed by atoms with Gasteiger partial charge >= 0.3 is 11.9 Å². The Bertz CT molecular complexity index is 747. The Labute approximate surface area is 250 Å². The summed E-state index contributed by atoms with van der Waals surface area (Å²) in [6, 6.07) is -0.871. The molecule has 2 atom stereocenters. The molecule has 0 saturated heterocycles. The number of hydrogen-bond donors (Lipinski definition) is 3. The third-order valence-corrected chi connectivity index (χ3v) is 6.93. The summed E-state index contributed by atoms with van der Waals surface area (Å²) in [5.74, 6) is -1.40. The minimum Gasteiger partial charge on any atom is -0.480 e. The number of carbonyl (C=O) groups excluding carboxylic acids is 2. The first kappa shape index (κ1) is 38.6. The SMILES string of the molecule is CC/C=C\C/C=C\C(/C=C\CCCCCC(=O)NC(CCCN)C(=O)O)OC(=O)CCCCCCCCCCCC. The number of carboxylic acids is 1. The van der Waals surface area contributed by atoms with Crippen LogP contribution in [0.3, 0.4) is 0 Å². The van der Waals surface area contributed by atoms with Gasteiger partial charge < -0.3 is 20.9 Å². The third kappa shape index (κ3) is 26.2. The van der Waals surface area contributed by atoms with Gasteiger partial charge in [-0.3, -0.25) is 9.59 Å². The molecule has 0 heterocycles. The highest BCUT2D eigenvalue weighted by Gasteiger charge is 2.18. The van der Waals surface area contributed by atoms with Gasteiger partial charge in [-0.25, -0.2) is 4.79 Å². The van der Waals surface area contributed by atoms with Crippen LogP contribution in [0.15, 0.2) is 36.5 Å². The standard InChI is InChI=1S/C34H60N2O5/c1-3-5-7-9-10-11-12-13-18-22-28-33(38)41-30(24-19-15-8-6-4-2)25-20-16-14-17-21-27-32(37)36-31(34(39)40)26-23-29-35/h6,8,19-20,24-25,30-31H,3-5,7,9-18,21-23,26-29,35H2,1-2H3,(H,36,37)(H,39,40)/b8-6-,24-19-,25-20-. The van der Waals surface area contributed by atoms with E-state index in [2.05, 4.69) is 31.3 Å². The second-order valence-electron chi connectivity index (χ2n) is 10.8. The van der Waals surface area contributed by atoms with Crippen LogP contribution in [0, 0.1) is 0 Å². The predicted octanol–water partition coefficient (Wildman–Crippen LogP) is 7.94. The lowest BCUT2D eigenvalue weighted by Gasteiger charge is -2.13. The second kappa shape index (κ2) is 29.1. The molecule has 0 aromatic heterocycles. The number of ether oxygens (including phenoxy) is 1. The maximum Gasteiger partial charge on any atom is 0.326 e. The van der Waals surface area contributed by atoms with Gasteiger partial charge in [-0.2, -0.15) is 0 Å². The molecule has 0 saturated carbocycles. The lowest BCUT2D eigenvalue weighted by Crippen LogP contribution is -2.40. The van der Waals surface area contributed by atoms with Crippen LogP contribution in [-0.2, 0) is 19.1 Å². The van der Waals surface area contributed by atoms with Crippen LogP contribution >= 0.6 is 0 Å². The molecule has 4 N–H and O–H groups in total. The van der Waals surface area contributed by atoms with E-state index in [-0.39, 0.29) is 18.0 Å². The molecule has 0 aliphatic rings. The van der Waals surface area contributed by atoms with Crippen LogP contribution in [0.4, 0.5) is 0 Å².